The number of nitrogens with two attached hydrogens (primary N) is 1. The Kier molecular flexibility index (Phi) is 4.95. The minimum Gasteiger partial charge on any atom is -0.375 e. The molecule has 0 fully saturated rings. The summed E-state index contributed by atoms with van der Waals surface area (Å²) in [7, 11) is 0. The molecule has 4 rings (SSSR count). The molecule has 0 radical (unpaired) electrons. The van der Waals surface area contributed by atoms with E-state index >= 15 is 0 Å². The SMILES string of the molecule is Cc1cc(F)c(C(=O)Nc2cc3c(cn2)COC3)cc1NC(=O)c1cnc(N)s1. The number of halogens is 1. The molecule has 2 amide bonds. The van der Waals surface area contributed by atoms with E-state index in [0.29, 0.717) is 35.2 Å². The van der Waals surface area contributed by atoms with Gasteiger partial charge in [0.2, 0.25) is 0 Å². The van der Waals surface area contributed by atoms with Gasteiger partial charge in [-0.25, -0.2) is 14.4 Å². The predicted octanol–water partition coefficient (Wildman–Crippen LogP) is 3.10. The average molecular weight is 413 g/mol. The van der Waals surface area contributed by atoms with E-state index in [1.807, 2.05) is 0 Å². The van der Waals surface area contributed by atoms with Crippen LogP contribution < -0.4 is 16.4 Å². The second-order valence-corrected chi connectivity index (χ2v) is 7.51. The summed E-state index contributed by atoms with van der Waals surface area (Å²) in [6.07, 6.45) is 2.97. The third-order valence-electron chi connectivity index (χ3n) is 4.39. The van der Waals surface area contributed by atoms with Gasteiger partial charge in [0.15, 0.2) is 5.13 Å². The molecule has 10 heteroatoms. The molecule has 0 spiro atoms. The van der Waals surface area contributed by atoms with Crippen molar-refractivity contribution < 1.29 is 18.7 Å². The van der Waals surface area contributed by atoms with Crippen molar-refractivity contribution >= 4 is 39.8 Å². The zero-order valence-corrected chi connectivity index (χ0v) is 16.1. The largest absolute Gasteiger partial charge is 0.375 e. The molecule has 29 heavy (non-hydrogen) atoms. The molecule has 0 atom stereocenters. The van der Waals surface area contributed by atoms with Gasteiger partial charge in [0.25, 0.3) is 11.8 Å². The summed E-state index contributed by atoms with van der Waals surface area (Å²) in [6, 6.07) is 4.18. The Morgan fingerprint density at radius 1 is 1.10 bits per heavy atom. The Morgan fingerprint density at radius 3 is 2.66 bits per heavy atom. The molecule has 1 aliphatic rings. The van der Waals surface area contributed by atoms with E-state index in [0.717, 1.165) is 22.5 Å². The van der Waals surface area contributed by atoms with Crippen molar-refractivity contribution in [1.82, 2.24) is 9.97 Å². The lowest BCUT2D eigenvalue weighted by molar-refractivity contribution is 0.101. The van der Waals surface area contributed by atoms with Gasteiger partial charge < -0.3 is 21.1 Å². The van der Waals surface area contributed by atoms with Crippen LogP contribution >= 0.6 is 11.3 Å². The number of benzene rings is 1. The van der Waals surface area contributed by atoms with Crippen molar-refractivity contribution in [2.75, 3.05) is 16.4 Å². The maximum Gasteiger partial charge on any atom is 0.267 e. The smallest absolute Gasteiger partial charge is 0.267 e. The molecular formula is C19H16FN5O3S. The Balaban J connectivity index is 1.56. The molecule has 0 saturated carbocycles. The number of aryl methyl sites for hydroxylation is 1. The summed E-state index contributed by atoms with van der Waals surface area (Å²) in [5.74, 6) is -1.53. The van der Waals surface area contributed by atoms with Crippen LogP contribution in [0.25, 0.3) is 0 Å². The van der Waals surface area contributed by atoms with Gasteiger partial charge in [0, 0.05) is 17.4 Å². The summed E-state index contributed by atoms with van der Waals surface area (Å²) in [5, 5.41) is 5.50. The normalized spacial score (nSPS) is 12.5. The number of pyridine rings is 1. The van der Waals surface area contributed by atoms with Crippen LogP contribution in [0.2, 0.25) is 0 Å². The van der Waals surface area contributed by atoms with Crippen molar-refractivity contribution in [3.63, 3.8) is 0 Å². The molecule has 3 heterocycles. The van der Waals surface area contributed by atoms with Crippen LogP contribution in [0, 0.1) is 12.7 Å². The van der Waals surface area contributed by atoms with Crippen molar-refractivity contribution in [2.24, 2.45) is 0 Å². The maximum absolute atomic E-state index is 14.4. The number of nitrogen functional groups attached to an aromatic ring is 1. The highest BCUT2D eigenvalue weighted by molar-refractivity contribution is 7.17. The van der Waals surface area contributed by atoms with E-state index in [-0.39, 0.29) is 10.7 Å². The van der Waals surface area contributed by atoms with Gasteiger partial charge in [-0.1, -0.05) is 11.3 Å². The molecule has 3 aromatic rings. The number of amides is 2. The number of ether oxygens (including phenoxy) is 1. The highest BCUT2D eigenvalue weighted by Crippen LogP contribution is 2.25. The summed E-state index contributed by atoms with van der Waals surface area (Å²) in [6.45, 7) is 2.55. The van der Waals surface area contributed by atoms with Crippen molar-refractivity contribution in [1.29, 1.82) is 0 Å². The monoisotopic (exact) mass is 413 g/mol. The molecule has 148 valence electrons. The molecule has 1 aromatic carbocycles. The third kappa shape index (κ3) is 3.93. The standard InChI is InChI=1S/C19H16FN5O3S/c1-9-2-13(20)12(4-14(9)24-18(27)15-6-23-19(21)29-15)17(26)25-16-3-10-7-28-8-11(10)5-22-16/h2-6H,7-8H2,1H3,(H2,21,23)(H,24,27)(H,22,25,26). The Hall–Kier alpha value is -3.37. The van der Waals surface area contributed by atoms with E-state index in [1.165, 1.54) is 18.3 Å². The molecule has 1 aliphatic heterocycles. The number of carbonyl (C=O) groups excluding carboxylic acids is 2. The number of nitrogens with zero attached hydrogens (tertiary/aromatic N) is 2. The highest BCUT2D eigenvalue weighted by Gasteiger charge is 2.19. The molecule has 0 aliphatic carbocycles. The lowest BCUT2D eigenvalue weighted by Crippen LogP contribution is -2.17. The number of rotatable bonds is 4. The van der Waals surface area contributed by atoms with Crippen molar-refractivity contribution in [3.8, 4) is 0 Å². The number of fused-ring (bicyclic) bond motifs is 1. The second kappa shape index (κ2) is 7.57. The van der Waals surface area contributed by atoms with Crippen LogP contribution in [-0.2, 0) is 18.0 Å². The number of nitrogens with one attached hydrogen (secondary N) is 2. The Labute approximate surface area is 168 Å². The van der Waals surface area contributed by atoms with Crippen LogP contribution in [-0.4, -0.2) is 21.8 Å². The maximum atomic E-state index is 14.4. The van der Waals surface area contributed by atoms with Gasteiger partial charge in [0.05, 0.1) is 25.0 Å². The van der Waals surface area contributed by atoms with E-state index < -0.39 is 17.6 Å². The fourth-order valence-corrected chi connectivity index (χ4v) is 3.45. The first-order chi connectivity index (χ1) is 13.9. The highest BCUT2D eigenvalue weighted by atomic mass is 32.1. The first kappa shape index (κ1) is 19.0. The van der Waals surface area contributed by atoms with Gasteiger partial charge in [-0.15, -0.1) is 0 Å². The Morgan fingerprint density at radius 2 is 1.90 bits per heavy atom. The zero-order chi connectivity index (χ0) is 20.5. The van der Waals surface area contributed by atoms with Gasteiger partial charge in [-0.05, 0) is 36.2 Å². The fourth-order valence-electron chi connectivity index (χ4n) is 2.87. The lowest BCUT2D eigenvalue weighted by atomic mass is 10.1. The molecule has 8 nitrogen and oxygen atoms in total. The van der Waals surface area contributed by atoms with Crippen LogP contribution in [0.3, 0.4) is 0 Å². The van der Waals surface area contributed by atoms with Crippen LogP contribution in [0.15, 0.2) is 30.6 Å². The van der Waals surface area contributed by atoms with Crippen molar-refractivity contribution in [3.05, 3.63) is 63.5 Å². The van der Waals surface area contributed by atoms with E-state index in [1.54, 1.807) is 19.2 Å². The topological polar surface area (TPSA) is 119 Å². The zero-order valence-electron chi connectivity index (χ0n) is 15.3. The predicted molar refractivity (Wildman–Crippen MR) is 106 cm³/mol. The second-order valence-electron chi connectivity index (χ2n) is 6.45. The quantitative estimate of drug-likeness (QED) is 0.605. The third-order valence-corrected chi connectivity index (χ3v) is 5.22. The number of hydrogen-bond acceptors (Lipinski definition) is 7. The summed E-state index contributed by atoms with van der Waals surface area (Å²) >= 11 is 1.03. The number of aromatic nitrogens is 2. The number of carbonyl (C=O) groups is 2. The summed E-state index contributed by atoms with van der Waals surface area (Å²) < 4.78 is 19.7. The minimum atomic E-state index is -0.704. The minimum absolute atomic E-state index is 0.215. The fraction of sp³-hybridized carbons (Fsp3) is 0.158. The van der Waals surface area contributed by atoms with Crippen LogP contribution in [0.4, 0.5) is 21.0 Å². The van der Waals surface area contributed by atoms with Crippen molar-refractivity contribution in [2.45, 2.75) is 20.1 Å². The molecule has 2 aromatic heterocycles. The number of anilines is 3. The molecule has 4 N–H and O–H groups in total. The van der Waals surface area contributed by atoms with Gasteiger partial charge in [-0.2, -0.15) is 0 Å². The first-order valence-electron chi connectivity index (χ1n) is 8.60. The Bertz CT molecular complexity index is 1130. The van der Waals surface area contributed by atoms with E-state index in [4.69, 9.17) is 10.5 Å². The summed E-state index contributed by atoms with van der Waals surface area (Å²) in [5.41, 5.74) is 7.99. The average Bonchev–Trinajstić information content (AvgIpc) is 3.32. The van der Waals surface area contributed by atoms with E-state index in [9.17, 15) is 14.0 Å². The summed E-state index contributed by atoms with van der Waals surface area (Å²) in [4.78, 5) is 33.2. The number of hydrogen-bond donors (Lipinski definition) is 3. The molecule has 0 bridgehead atoms. The van der Waals surface area contributed by atoms with Crippen LogP contribution in [0.1, 0.15) is 36.7 Å². The lowest BCUT2D eigenvalue weighted by Gasteiger charge is -2.12. The van der Waals surface area contributed by atoms with Gasteiger partial charge >= 0.3 is 0 Å². The first-order valence-corrected chi connectivity index (χ1v) is 9.42. The van der Waals surface area contributed by atoms with Gasteiger partial charge in [-0.3, -0.25) is 9.59 Å². The van der Waals surface area contributed by atoms with E-state index in [2.05, 4.69) is 20.6 Å². The van der Waals surface area contributed by atoms with Crippen LogP contribution in [0.5, 0.6) is 0 Å². The van der Waals surface area contributed by atoms with Gasteiger partial charge in [0.1, 0.15) is 16.5 Å². The number of thiazole rings is 1. The molecular weight excluding hydrogens is 397 g/mol. The molecule has 0 saturated heterocycles. The molecule has 0 unspecified atom stereocenters.